The lowest BCUT2D eigenvalue weighted by molar-refractivity contribution is 0.668. The van der Waals surface area contributed by atoms with Gasteiger partial charge in [0.15, 0.2) is 17.5 Å². The third-order valence-corrected chi connectivity index (χ3v) is 11.1. The summed E-state index contributed by atoms with van der Waals surface area (Å²) in [5, 5.41) is 6.51. The first-order valence-electron chi connectivity index (χ1n) is 19.0. The van der Waals surface area contributed by atoms with Crippen molar-refractivity contribution < 1.29 is 8.83 Å². The van der Waals surface area contributed by atoms with Crippen molar-refractivity contribution in [3.05, 3.63) is 182 Å². The molecule has 4 heterocycles. The van der Waals surface area contributed by atoms with Gasteiger partial charge >= 0.3 is 0 Å². The molecule has 0 aliphatic carbocycles. The molecule has 12 aromatic rings. The Morgan fingerprint density at radius 1 is 0.333 bits per heavy atom. The van der Waals surface area contributed by atoms with Gasteiger partial charge in [-0.05, 0) is 65.7 Å². The molecule has 0 radical (unpaired) electrons. The van der Waals surface area contributed by atoms with Crippen LogP contribution >= 0.6 is 0 Å². The number of fused-ring (bicyclic) bond motifs is 9. The van der Waals surface area contributed by atoms with E-state index in [9.17, 15) is 0 Å². The Balaban J connectivity index is 1.05. The first kappa shape index (κ1) is 31.5. The van der Waals surface area contributed by atoms with Crippen LogP contribution < -0.4 is 0 Å². The monoisotopic (exact) mass is 730 g/mol. The molecule has 4 aromatic heterocycles. The Morgan fingerprint density at radius 3 is 1.68 bits per heavy atom. The Morgan fingerprint density at radius 2 is 0.877 bits per heavy atom. The molecule has 0 spiro atoms. The van der Waals surface area contributed by atoms with E-state index in [2.05, 4.69) is 126 Å². The number of rotatable bonds is 5. The highest BCUT2D eigenvalue weighted by Gasteiger charge is 2.21. The molecule has 0 saturated carbocycles. The predicted molar refractivity (Wildman–Crippen MR) is 230 cm³/mol. The normalized spacial score (nSPS) is 11.9. The van der Waals surface area contributed by atoms with Crippen LogP contribution in [0.15, 0.2) is 191 Å². The standard InChI is InChI=1S/C51H30N4O2/c1-3-14-31(15-4-1)49-52-50(54-51(53-49)39-22-13-27-44-48(39)37-19-8-10-25-42(37)56-44)32-28-29-38-45(30-32)57-43-26-12-21-35(47(38)43)34-20-11-24-41-46(34)36-18-7-9-23-40(36)55(41)33-16-5-2-6-17-33/h1-30H. The Hall–Kier alpha value is -7.83. The van der Waals surface area contributed by atoms with Crippen molar-refractivity contribution in [2.45, 2.75) is 0 Å². The number of benzene rings is 8. The fourth-order valence-electron chi connectivity index (χ4n) is 8.59. The lowest BCUT2D eigenvalue weighted by Gasteiger charge is -2.10. The van der Waals surface area contributed by atoms with Gasteiger partial charge in [-0.15, -0.1) is 0 Å². The van der Waals surface area contributed by atoms with Gasteiger partial charge in [0.25, 0.3) is 0 Å². The number of hydrogen-bond acceptors (Lipinski definition) is 5. The molecule has 0 N–H and O–H groups in total. The van der Waals surface area contributed by atoms with Gasteiger partial charge in [-0.2, -0.15) is 0 Å². The van der Waals surface area contributed by atoms with E-state index >= 15 is 0 Å². The Kier molecular flexibility index (Phi) is 6.83. The molecule has 0 unspecified atom stereocenters. The van der Waals surface area contributed by atoms with Crippen molar-refractivity contribution in [3.63, 3.8) is 0 Å². The predicted octanol–water partition coefficient (Wildman–Crippen LogP) is 13.4. The summed E-state index contributed by atoms with van der Waals surface area (Å²) in [6.45, 7) is 0. The van der Waals surface area contributed by atoms with Crippen LogP contribution in [-0.4, -0.2) is 19.5 Å². The summed E-state index contributed by atoms with van der Waals surface area (Å²) in [6.07, 6.45) is 0. The van der Waals surface area contributed by atoms with E-state index in [4.69, 9.17) is 23.8 Å². The van der Waals surface area contributed by atoms with Gasteiger partial charge in [0.1, 0.15) is 22.3 Å². The van der Waals surface area contributed by atoms with Gasteiger partial charge in [0.05, 0.1) is 11.0 Å². The largest absolute Gasteiger partial charge is 0.456 e. The van der Waals surface area contributed by atoms with Crippen molar-refractivity contribution in [2.75, 3.05) is 0 Å². The van der Waals surface area contributed by atoms with Crippen LogP contribution in [0, 0.1) is 0 Å². The molecule has 0 fully saturated rings. The second-order valence-corrected chi connectivity index (χ2v) is 14.3. The molecule has 0 aliphatic heterocycles. The molecule has 6 heteroatoms. The fraction of sp³-hybridized carbons (Fsp3) is 0. The lowest BCUT2D eigenvalue weighted by atomic mass is 9.95. The number of hydrogen-bond donors (Lipinski definition) is 0. The zero-order valence-corrected chi connectivity index (χ0v) is 30.4. The second kappa shape index (κ2) is 12.3. The van der Waals surface area contributed by atoms with E-state index < -0.39 is 0 Å². The average Bonchev–Trinajstić information content (AvgIpc) is 3.96. The highest BCUT2D eigenvalue weighted by molar-refractivity contribution is 6.21. The van der Waals surface area contributed by atoms with Crippen molar-refractivity contribution in [3.8, 4) is 51.0 Å². The topological polar surface area (TPSA) is 69.9 Å². The summed E-state index contributed by atoms with van der Waals surface area (Å²) in [4.78, 5) is 15.3. The fourth-order valence-corrected chi connectivity index (χ4v) is 8.59. The third kappa shape index (κ3) is 4.87. The van der Waals surface area contributed by atoms with E-state index in [1.165, 1.54) is 16.3 Å². The van der Waals surface area contributed by atoms with E-state index in [1.807, 2.05) is 60.7 Å². The zero-order valence-electron chi connectivity index (χ0n) is 30.4. The summed E-state index contributed by atoms with van der Waals surface area (Å²) in [5.74, 6) is 1.73. The van der Waals surface area contributed by atoms with Crippen LogP contribution in [0.5, 0.6) is 0 Å². The van der Waals surface area contributed by atoms with E-state index in [0.29, 0.717) is 17.5 Å². The highest BCUT2D eigenvalue weighted by Crippen LogP contribution is 2.44. The van der Waals surface area contributed by atoms with Gasteiger partial charge in [-0.1, -0.05) is 127 Å². The second-order valence-electron chi connectivity index (χ2n) is 14.3. The SMILES string of the molecule is c1ccc(-c2nc(-c3ccc4c(c3)oc3cccc(-c5cccc6c5c5ccccc5n6-c5ccccc5)c34)nc(-c3cccc4oc5ccccc5c34)n2)cc1. The molecular formula is C51H30N4O2. The van der Waals surface area contributed by atoms with Crippen molar-refractivity contribution in [2.24, 2.45) is 0 Å². The summed E-state index contributed by atoms with van der Waals surface area (Å²) in [7, 11) is 0. The Labute approximate surface area is 325 Å². The van der Waals surface area contributed by atoms with E-state index in [-0.39, 0.29) is 0 Å². The molecule has 0 amide bonds. The summed E-state index contributed by atoms with van der Waals surface area (Å²) in [6, 6.07) is 62.6. The molecule has 266 valence electrons. The molecule has 8 aromatic carbocycles. The minimum Gasteiger partial charge on any atom is -0.456 e. The van der Waals surface area contributed by atoms with E-state index in [1.54, 1.807) is 0 Å². The molecule has 0 saturated heterocycles. The van der Waals surface area contributed by atoms with Crippen LogP contribution in [0.1, 0.15) is 0 Å². The molecule has 57 heavy (non-hydrogen) atoms. The van der Waals surface area contributed by atoms with Crippen molar-refractivity contribution in [1.29, 1.82) is 0 Å². The average molecular weight is 731 g/mol. The number of nitrogens with zero attached hydrogens (tertiary/aromatic N) is 4. The highest BCUT2D eigenvalue weighted by atomic mass is 16.3. The maximum atomic E-state index is 6.69. The minimum absolute atomic E-state index is 0.560. The summed E-state index contributed by atoms with van der Waals surface area (Å²) >= 11 is 0. The van der Waals surface area contributed by atoms with Gasteiger partial charge in [0.2, 0.25) is 0 Å². The quantitative estimate of drug-likeness (QED) is 0.176. The number of aromatic nitrogens is 4. The molecule has 0 bridgehead atoms. The van der Waals surface area contributed by atoms with Gasteiger partial charge < -0.3 is 13.4 Å². The molecule has 12 rings (SSSR count). The Bertz CT molecular complexity index is 3530. The molecule has 0 aliphatic rings. The molecular weight excluding hydrogens is 701 g/mol. The summed E-state index contributed by atoms with van der Waals surface area (Å²) in [5.41, 5.74) is 11.6. The van der Waals surface area contributed by atoms with Gasteiger partial charge in [0, 0.05) is 54.7 Å². The van der Waals surface area contributed by atoms with Crippen LogP contribution in [0.2, 0.25) is 0 Å². The smallest absolute Gasteiger partial charge is 0.164 e. The van der Waals surface area contributed by atoms with Crippen molar-refractivity contribution >= 4 is 65.7 Å². The van der Waals surface area contributed by atoms with E-state index in [0.717, 1.165) is 82.9 Å². The van der Waals surface area contributed by atoms with Crippen LogP contribution in [0.25, 0.3) is 117 Å². The third-order valence-electron chi connectivity index (χ3n) is 11.1. The van der Waals surface area contributed by atoms with Gasteiger partial charge in [-0.25, -0.2) is 15.0 Å². The first-order chi connectivity index (χ1) is 28.3. The zero-order chi connectivity index (χ0) is 37.5. The van der Waals surface area contributed by atoms with Crippen LogP contribution in [0.3, 0.4) is 0 Å². The lowest BCUT2D eigenvalue weighted by Crippen LogP contribution is -2.00. The van der Waals surface area contributed by atoms with Crippen molar-refractivity contribution in [1.82, 2.24) is 19.5 Å². The van der Waals surface area contributed by atoms with Crippen LogP contribution in [0.4, 0.5) is 0 Å². The van der Waals surface area contributed by atoms with Gasteiger partial charge in [-0.3, -0.25) is 0 Å². The molecule has 6 nitrogen and oxygen atoms in total. The van der Waals surface area contributed by atoms with Crippen LogP contribution in [-0.2, 0) is 0 Å². The maximum Gasteiger partial charge on any atom is 0.164 e. The maximum absolute atomic E-state index is 6.69. The molecule has 0 atom stereocenters. The number of furan rings is 2. The number of para-hydroxylation sites is 3. The first-order valence-corrected chi connectivity index (χ1v) is 19.0. The minimum atomic E-state index is 0.560. The summed E-state index contributed by atoms with van der Waals surface area (Å²) < 4.78 is 15.3.